The van der Waals surface area contributed by atoms with Crippen LogP contribution in [0.25, 0.3) is 10.6 Å². The lowest BCUT2D eigenvalue weighted by Gasteiger charge is -2.45. The number of aliphatic hydroxyl groups is 1. The van der Waals surface area contributed by atoms with Gasteiger partial charge in [-0.1, -0.05) is 65.9 Å². The van der Waals surface area contributed by atoms with Crippen molar-refractivity contribution in [3.8, 4) is 10.6 Å². The summed E-state index contributed by atoms with van der Waals surface area (Å²) in [5, 5.41) is 20.6. The van der Waals surface area contributed by atoms with E-state index in [1.165, 1.54) is 0 Å². The minimum Gasteiger partial charge on any atom is -0.438 e. The molecule has 2 aromatic carbocycles. The first-order valence-corrected chi connectivity index (χ1v) is 11.7. The maximum absolute atomic E-state index is 13.2. The van der Waals surface area contributed by atoms with E-state index in [9.17, 15) is 9.90 Å². The summed E-state index contributed by atoms with van der Waals surface area (Å²) in [6.07, 6.45) is 0.591. The largest absolute Gasteiger partial charge is 0.438 e. The van der Waals surface area contributed by atoms with Crippen LogP contribution in [0.15, 0.2) is 54.6 Å². The Morgan fingerprint density at radius 3 is 2.41 bits per heavy atom. The molecule has 2 heterocycles. The minimum atomic E-state index is -0.969. The number of hydrogen-bond acceptors (Lipinski definition) is 6. The van der Waals surface area contributed by atoms with Crippen molar-refractivity contribution in [2.24, 2.45) is 0 Å². The molecule has 1 fully saturated rings. The summed E-state index contributed by atoms with van der Waals surface area (Å²) in [7, 11) is 0. The van der Waals surface area contributed by atoms with E-state index >= 15 is 0 Å². The Labute approximate surface area is 192 Å². The van der Waals surface area contributed by atoms with E-state index in [0.29, 0.717) is 19.4 Å². The standard InChI is InChI=1S/C25H29N3O3S/c1-17(19-10-12-20(13-11-19)22-27-26-18(2)32-22)28-15-14-25(31-23(28)29,16-24(3,4)30)21-8-6-5-7-9-21/h5-13,17,30H,14-16H2,1-4H3/t17-,25-/m0/s1. The molecule has 168 valence electrons. The van der Waals surface area contributed by atoms with Crippen LogP contribution in [0, 0.1) is 6.92 Å². The summed E-state index contributed by atoms with van der Waals surface area (Å²) < 4.78 is 6.10. The van der Waals surface area contributed by atoms with Gasteiger partial charge >= 0.3 is 6.09 Å². The van der Waals surface area contributed by atoms with Crippen molar-refractivity contribution in [3.63, 3.8) is 0 Å². The molecule has 0 spiro atoms. The zero-order valence-electron chi connectivity index (χ0n) is 18.9. The van der Waals surface area contributed by atoms with E-state index in [1.54, 1.807) is 30.1 Å². The molecule has 4 rings (SSSR count). The van der Waals surface area contributed by atoms with Crippen molar-refractivity contribution in [3.05, 3.63) is 70.7 Å². The Hall–Kier alpha value is -2.77. The lowest BCUT2D eigenvalue weighted by atomic mass is 9.80. The van der Waals surface area contributed by atoms with Gasteiger partial charge in [-0.15, -0.1) is 10.2 Å². The third-order valence-corrected chi connectivity index (χ3v) is 6.81. The van der Waals surface area contributed by atoms with Gasteiger partial charge in [0.05, 0.1) is 11.6 Å². The summed E-state index contributed by atoms with van der Waals surface area (Å²) in [5.41, 5.74) is 1.15. The third kappa shape index (κ3) is 4.69. The van der Waals surface area contributed by atoms with Gasteiger partial charge in [0.15, 0.2) is 0 Å². The van der Waals surface area contributed by atoms with E-state index < -0.39 is 11.2 Å². The second-order valence-electron chi connectivity index (χ2n) is 9.09. The van der Waals surface area contributed by atoms with Crippen molar-refractivity contribution in [1.82, 2.24) is 15.1 Å². The quantitative estimate of drug-likeness (QED) is 0.538. The highest BCUT2D eigenvalue weighted by Crippen LogP contribution is 2.42. The molecule has 7 heteroatoms. The van der Waals surface area contributed by atoms with Gasteiger partial charge in [-0.25, -0.2) is 4.79 Å². The van der Waals surface area contributed by atoms with Crippen LogP contribution in [-0.4, -0.2) is 38.4 Å². The first-order valence-electron chi connectivity index (χ1n) is 10.8. The minimum absolute atomic E-state index is 0.136. The molecular weight excluding hydrogens is 422 g/mol. The first kappa shape index (κ1) is 22.4. The average Bonchev–Trinajstić information content (AvgIpc) is 3.19. The summed E-state index contributed by atoms with van der Waals surface area (Å²) in [5.74, 6) is 0. The fraction of sp³-hybridized carbons (Fsp3) is 0.400. The summed E-state index contributed by atoms with van der Waals surface area (Å²) in [6, 6.07) is 17.7. The molecule has 2 atom stereocenters. The van der Waals surface area contributed by atoms with Crippen LogP contribution >= 0.6 is 11.3 Å². The van der Waals surface area contributed by atoms with Gasteiger partial charge in [0.1, 0.15) is 15.6 Å². The zero-order valence-corrected chi connectivity index (χ0v) is 19.7. The SMILES string of the molecule is Cc1nnc(-c2ccc([C@H](C)N3CC[C@](CC(C)(C)O)(c4ccccc4)OC3=O)cc2)s1. The number of amides is 1. The Bertz CT molecular complexity index is 1080. The van der Waals surface area contributed by atoms with Crippen molar-refractivity contribution >= 4 is 17.4 Å². The fourth-order valence-corrected chi connectivity index (χ4v) is 5.09. The Morgan fingerprint density at radius 2 is 1.84 bits per heavy atom. The van der Waals surface area contributed by atoms with Crippen LogP contribution in [-0.2, 0) is 10.3 Å². The van der Waals surface area contributed by atoms with E-state index in [2.05, 4.69) is 10.2 Å². The van der Waals surface area contributed by atoms with Crippen molar-refractivity contribution in [2.75, 3.05) is 6.54 Å². The third-order valence-electron chi connectivity index (χ3n) is 5.93. The molecule has 1 amide bonds. The molecule has 32 heavy (non-hydrogen) atoms. The molecule has 1 aliphatic rings. The smallest absolute Gasteiger partial charge is 0.411 e. The molecule has 0 unspecified atom stereocenters. The Kier molecular flexibility index (Phi) is 6.05. The Morgan fingerprint density at radius 1 is 1.16 bits per heavy atom. The predicted octanol–water partition coefficient (Wildman–Crippen LogP) is 5.47. The van der Waals surface area contributed by atoms with Crippen molar-refractivity contribution < 1.29 is 14.6 Å². The van der Waals surface area contributed by atoms with Crippen LogP contribution in [0.3, 0.4) is 0 Å². The molecule has 1 N–H and O–H groups in total. The summed E-state index contributed by atoms with van der Waals surface area (Å²) in [4.78, 5) is 14.9. The number of nitrogens with zero attached hydrogens (tertiary/aromatic N) is 3. The number of cyclic esters (lactones) is 1. The molecular formula is C25H29N3O3S. The highest BCUT2D eigenvalue weighted by atomic mass is 32.1. The topological polar surface area (TPSA) is 75.6 Å². The first-order chi connectivity index (χ1) is 15.2. The van der Waals surface area contributed by atoms with Gasteiger partial charge in [0, 0.05) is 24.9 Å². The summed E-state index contributed by atoms with van der Waals surface area (Å²) >= 11 is 1.56. The van der Waals surface area contributed by atoms with Crippen LogP contribution in [0.2, 0.25) is 0 Å². The van der Waals surface area contributed by atoms with Crippen molar-refractivity contribution in [2.45, 2.75) is 57.8 Å². The molecule has 1 saturated heterocycles. The maximum Gasteiger partial charge on any atom is 0.411 e. The molecule has 1 aromatic heterocycles. The Balaban J connectivity index is 1.53. The van der Waals surface area contributed by atoms with E-state index in [1.807, 2.05) is 68.4 Å². The number of aromatic nitrogens is 2. The number of carbonyl (C=O) groups is 1. The molecule has 0 saturated carbocycles. The van der Waals surface area contributed by atoms with Crippen LogP contribution in [0.5, 0.6) is 0 Å². The molecule has 0 aliphatic carbocycles. The number of hydrogen-bond donors (Lipinski definition) is 1. The van der Waals surface area contributed by atoms with Gasteiger partial charge in [0.25, 0.3) is 0 Å². The highest BCUT2D eigenvalue weighted by Gasteiger charge is 2.46. The predicted molar refractivity (Wildman–Crippen MR) is 125 cm³/mol. The maximum atomic E-state index is 13.2. The number of ether oxygens (including phenoxy) is 1. The van der Waals surface area contributed by atoms with Crippen LogP contribution in [0.1, 0.15) is 55.8 Å². The normalized spacial score (nSPS) is 20.2. The van der Waals surface area contributed by atoms with E-state index in [-0.39, 0.29) is 12.1 Å². The average molecular weight is 452 g/mol. The van der Waals surface area contributed by atoms with E-state index in [4.69, 9.17) is 4.74 Å². The second kappa shape index (κ2) is 8.64. The van der Waals surface area contributed by atoms with Gasteiger partial charge in [-0.05, 0) is 38.8 Å². The van der Waals surface area contributed by atoms with Gasteiger partial charge in [-0.2, -0.15) is 0 Å². The molecule has 1 aliphatic heterocycles. The zero-order chi connectivity index (χ0) is 22.9. The molecule has 0 bridgehead atoms. The lowest BCUT2D eigenvalue weighted by Crippen LogP contribution is -2.51. The van der Waals surface area contributed by atoms with Crippen LogP contribution in [0.4, 0.5) is 4.79 Å². The van der Waals surface area contributed by atoms with E-state index in [0.717, 1.165) is 26.7 Å². The number of benzene rings is 2. The van der Waals surface area contributed by atoms with Gasteiger partial charge < -0.3 is 14.7 Å². The lowest BCUT2D eigenvalue weighted by molar-refractivity contribution is -0.101. The van der Waals surface area contributed by atoms with Gasteiger partial charge in [-0.3, -0.25) is 0 Å². The number of carbonyl (C=O) groups excluding carboxylic acids is 1. The molecule has 6 nitrogen and oxygen atoms in total. The monoisotopic (exact) mass is 451 g/mol. The van der Waals surface area contributed by atoms with Crippen molar-refractivity contribution in [1.29, 1.82) is 0 Å². The summed E-state index contributed by atoms with van der Waals surface area (Å²) in [6.45, 7) is 8.00. The van der Waals surface area contributed by atoms with Gasteiger partial charge in [0.2, 0.25) is 0 Å². The fourth-order valence-electron chi connectivity index (χ4n) is 4.39. The number of rotatable bonds is 6. The highest BCUT2D eigenvalue weighted by molar-refractivity contribution is 7.14. The second-order valence-corrected chi connectivity index (χ2v) is 10.3. The molecule has 0 radical (unpaired) electrons. The number of aryl methyl sites for hydroxylation is 1. The van der Waals surface area contributed by atoms with Crippen LogP contribution < -0.4 is 0 Å². The molecule has 3 aromatic rings.